The average Bonchev–Trinajstić information content (AvgIpc) is 3.25. The summed E-state index contributed by atoms with van der Waals surface area (Å²) in [6, 6.07) is 16.3. The molecule has 1 aliphatic heterocycles. The van der Waals surface area contributed by atoms with E-state index in [2.05, 4.69) is 58.5 Å². The summed E-state index contributed by atoms with van der Waals surface area (Å²) in [7, 11) is 2.06. The molecule has 4 heterocycles. The van der Waals surface area contributed by atoms with Gasteiger partial charge in [0.25, 0.3) is 0 Å². The highest BCUT2D eigenvalue weighted by molar-refractivity contribution is 6.36. The van der Waals surface area contributed by atoms with Gasteiger partial charge in [0.1, 0.15) is 13.7 Å². The largest absolute Gasteiger partial charge is 0.366 e. The van der Waals surface area contributed by atoms with Crippen molar-refractivity contribution in [1.82, 2.24) is 24.5 Å². The normalized spacial score (nSPS) is 14.9. The van der Waals surface area contributed by atoms with Crippen molar-refractivity contribution in [3.8, 4) is 6.07 Å². The number of nitrogens with one attached hydrogen (secondary N) is 1. The third-order valence-electron chi connectivity index (χ3n) is 6.36. The van der Waals surface area contributed by atoms with Crippen molar-refractivity contribution < 1.29 is 0 Å². The molecule has 0 atom stereocenters. The molecule has 0 radical (unpaired) electrons. The molecule has 1 saturated heterocycles. The van der Waals surface area contributed by atoms with E-state index in [1.165, 1.54) is 5.56 Å². The summed E-state index contributed by atoms with van der Waals surface area (Å²) in [4.78, 5) is 11.7. The number of likely N-dealkylation sites (tertiary alicyclic amines) is 1. The Morgan fingerprint density at radius 1 is 1.09 bits per heavy atom. The van der Waals surface area contributed by atoms with Gasteiger partial charge in [-0.15, -0.1) is 0 Å². The predicted molar refractivity (Wildman–Crippen MR) is 131 cm³/mol. The fourth-order valence-electron chi connectivity index (χ4n) is 4.45. The molecular weight excluding hydrogens is 409 g/mol. The van der Waals surface area contributed by atoms with Gasteiger partial charge in [0, 0.05) is 49.4 Å². The van der Waals surface area contributed by atoms with Crippen molar-refractivity contribution >= 4 is 24.8 Å². The van der Waals surface area contributed by atoms with Crippen LogP contribution in [-0.2, 0) is 13.1 Å². The molecule has 0 aliphatic carbocycles. The van der Waals surface area contributed by atoms with Crippen LogP contribution in [-0.4, -0.2) is 45.4 Å². The zero-order chi connectivity index (χ0) is 22.6. The van der Waals surface area contributed by atoms with Gasteiger partial charge in [0.05, 0.1) is 11.6 Å². The van der Waals surface area contributed by atoms with Gasteiger partial charge in [-0.05, 0) is 60.7 Å². The first-order chi connectivity index (χ1) is 16.2. The minimum atomic E-state index is 0.431. The van der Waals surface area contributed by atoms with Crippen LogP contribution in [0.5, 0.6) is 0 Å². The maximum atomic E-state index is 8.99. The highest BCUT2D eigenvalue weighted by atomic mass is 15.3. The van der Waals surface area contributed by atoms with E-state index in [9.17, 15) is 0 Å². The predicted octanol–water partition coefficient (Wildman–Crippen LogP) is 2.25. The number of aromatic nitrogens is 4. The second-order valence-electron chi connectivity index (χ2n) is 8.70. The van der Waals surface area contributed by atoms with E-state index >= 15 is 0 Å². The third kappa shape index (κ3) is 4.74. The molecule has 4 aromatic rings. The molecule has 5 rings (SSSR count). The van der Waals surface area contributed by atoms with Gasteiger partial charge in [-0.25, -0.2) is 4.98 Å². The molecule has 1 N–H and O–H groups in total. The Morgan fingerprint density at radius 2 is 1.91 bits per heavy atom. The maximum absolute atomic E-state index is 8.99. The van der Waals surface area contributed by atoms with Gasteiger partial charge in [-0.2, -0.15) is 14.9 Å². The molecule has 8 heteroatoms. The quantitative estimate of drug-likeness (QED) is 0.468. The molecule has 3 aromatic heterocycles. The van der Waals surface area contributed by atoms with Crippen LogP contribution in [0.2, 0.25) is 0 Å². The molecule has 0 amide bonds. The number of benzene rings is 1. The van der Waals surface area contributed by atoms with Crippen molar-refractivity contribution in [1.29, 1.82) is 5.26 Å². The Morgan fingerprint density at radius 3 is 2.64 bits per heavy atom. The first-order valence-corrected chi connectivity index (χ1v) is 11.4. The SMILES string of the molecule is Bc1cnn2c(NCc3cccnc3)cc(C3CCN(Cc4ccc(C#N)cc4)CC3)nc12. The number of nitrogens with zero attached hydrogens (tertiary/aromatic N) is 6. The first kappa shape index (κ1) is 21.2. The molecule has 1 aromatic carbocycles. The number of rotatable bonds is 6. The van der Waals surface area contributed by atoms with E-state index in [0.29, 0.717) is 18.0 Å². The monoisotopic (exact) mass is 435 g/mol. The fourth-order valence-corrected chi connectivity index (χ4v) is 4.45. The van der Waals surface area contributed by atoms with E-state index in [4.69, 9.17) is 10.2 Å². The zero-order valence-corrected chi connectivity index (χ0v) is 18.8. The van der Waals surface area contributed by atoms with Crippen molar-refractivity contribution in [2.24, 2.45) is 0 Å². The van der Waals surface area contributed by atoms with Crippen molar-refractivity contribution in [2.45, 2.75) is 31.8 Å². The van der Waals surface area contributed by atoms with E-state index < -0.39 is 0 Å². The third-order valence-corrected chi connectivity index (χ3v) is 6.36. The Labute approximate surface area is 194 Å². The van der Waals surface area contributed by atoms with Gasteiger partial charge in [-0.3, -0.25) is 9.88 Å². The molecule has 0 spiro atoms. The summed E-state index contributed by atoms with van der Waals surface area (Å²) in [6.45, 7) is 3.68. The van der Waals surface area contributed by atoms with Crippen LogP contribution in [0.4, 0.5) is 5.82 Å². The second kappa shape index (κ2) is 9.43. The number of fused-ring (bicyclic) bond motifs is 1. The van der Waals surface area contributed by atoms with Crippen LogP contribution >= 0.6 is 0 Å². The lowest BCUT2D eigenvalue weighted by Crippen LogP contribution is -2.32. The van der Waals surface area contributed by atoms with Crippen LogP contribution < -0.4 is 10.8 Å². The zero-order valence-electron chi connectivity index (χ0n) is 18.8. The van der Waals surface area contributed by atoms with Crippen LogP contribution in [0, 0.1) is 11.3 Å². The molecule has 0 unspecified atom stereocenters. The van der Waals surface area contributed by atoms with E-state index in [-0.39, 0.29) is 0 Å². The highest BCUT2D eigenvalue weighted by Gasteiger charge is 2.23. The number of nitriles is 1. The molecule has 1 aliphatic rings. The number of anilines is 1. The van der Waals surface area contributed by atoms with Crippen LogP contribution in [0.3, 0.4) is 0 Å². The fraction of sp³-hybridized carbons (Fsp3) is 0.280. The van der Waals surface area contributed by atoms with Gasteiger partial charge in [-0.1, -0.05) is 18.2 Å². The van der Waals surface area contributed by atoms with Crippen molar-refractivity contribution in [2.75, 3.05) is 18.4 Å². The maximum Gasteiger partial charge on any atom is 0.151 e. The Bertz CT molecular complexity index is 1270. The minimum Gasteiger partial charge on any atom is -0.366 e. The number of pyridine rings is 1. The molecule has 7 nitrogen and oxygen atoms in total. The van der Waals surface area contributed by atoms with Crippen molar-refractivity contribution in [3.05, 3.63) is 83.4 Å². The van der Waals surface area contributed by atoms with Gasteiger partial charge < -0.3 is 5.32 Å². The first-order valence-electron chi connectivity index (χ1n) is 11.4. The Kier molecular flexibility index (Phi) is 6.05. The molecule has 0 bridgehead atoms. The number of piperidine rings is 1. The topological polar surface area (TPSA) is 82.1 Å². The summed E-state index contributed by atoms with van der Waals surface area (Å²) in [5.41, 5.74) is 6.23. The standard InChI is InChI=1S/C25H26BN7/c26-22-16-30-33-24(29-15-20-2-1-9-28-14-20)12-23(31-25(22)33)21-7-10-32(11-8-21)17-19-5-3-18(13-27)4-6-19/h1-6,9,12,14,16,21,29H,7-8,10-11,15,17,26H2. The highest BCUT2D eigenvalue weighted by Crippen LogP contribution is 2.29. The van der Waals surface area contributed by atoms with E-state index in [0.717, 1.165) is 60.7 Å². The van der Waals surface area contributed by atoms with Crippen LogP contribution in [0.1, 0.15) is 41.1 Å². The summed E-state index contributed by atoms with van der Waals surface area (Å²) in [5, 5.41) is 17.1. The van der Waals surface area contributed by atoms with E-state index in [1.807, 2.05) is 35.1 Å². The second-order valence-corrected chi connectivity index (χ2v) is 8.70. The molecule has 164 valence electrons. The number of hydrogen-bond donors (Lipinski definition) is 1. The van der Waals surface area contributed by atoms with Crippen molar-refractivity contribution in [3.63, 3.8) is 0 Å². The van der Waals surface area contributed by atoms with Crippen LogP contribution in [0.25, 0.3) is 5.65 Å². The Balaban J connectivity index is 1.29. The molecular formula is C25H26BN7. The lowest BCUT2D eigenvalue weighted by molar-refractivity contribution is 0.203. The lowest BCUT2D eigenvalue weighted by Gasteiger charge is -2.32. The molecule has 0 saturated carbocycles. The smallest absolute Gasteiger partial charge is 0.151 e. The number of hydrogen-bond acceptors (Lipinski definition) is 6. The van der Waals surface area contributed by atoms with Gasteiger partial charge in [0.15, 0.2) is 5.65 Å². The summed E-state index contributed by atoms with van der Waals surface area (Å²) < 4.78 is 1.90. The summed E-state index contributed by atoms with van der Waals surface area (Å²) in [5.74, 6) is 1.40. The Hall–Kier alpha value is -3.70. The summed E-state index contributed by atoms with van der Waals surface area (Å²) in [6.07, 6.45) is 7.70. The average molecular weight is 435 g/mol. The lowest BCUT2D eigenvalue weighted by atomic mass is 9.92. The molecule has 1 fully saturated rings. The summed E-state index contributed by atoms with van der Waals surface area (Å²) >= 11 is 0. The van der Waals surface area contributed by atoms with Gasteiger partial charge in [0.2, 0.25) is 0 Å². The molecule has 33 heavy (non-hydrogen) atoms. The van der Waals surface area contributed by atoms with E-state index in [1.54, 1.807) is 6.20 Å². The van der Waals surface area contributed by atoms with Crippen LogP contribution in [0.15, 0.2) is 61.1 Å². The van der Waals surface area contributed by atoms with Gasteiger partial charge >= 0.3 is 0 Å². The minimum absolute atomic E-state index is 0.431.